The molecule has 0 radical (unpaired) electrons. The number of hydrogen-bond donors (Lipinski definition) is 0. The van der Waals surface area contributed by atoms with E-state index in [1.807, 2.05) is 24.3 Å². The number of fused-ring (bicyclic) bond motifs is 2. The minimum atomic E-state index is -1.17. The average molecular weight is 383 g/mol. The van der Waals surface area contributed by atoms with E-state index in [1.165, 1.54) is 0 Å². The number of nitrogens with zero attached hydrogens (tertiary/aromatic N) is 1. The monoisotopic (exact) mass is 382 g/mol. The Bertz CT molecular complexity index is 1050. The van der Waals surface area contributed by atoms with E-state index in [9.17, 15) is 9.90 Å². The predicted octanol–water partition coefficient (Wildman–Crippen LogP) is 4.78. The van der Waals surface area contributed by atoms with Gasteiger partial charge in [-0.2, -0.15) is 0 Å². The highest BCUT2D eigenvalue weighted by Crippen LogP contribution is 2.37. The van der Waals surface area contributed by atoms with E-state index in [2.05, 4.69) is 0 Å². The number of carbonyl (C=O) groups is 1. The third kappa shape index (κ3) is 2.87. The lowest BCUT2D eigenvalue weighted by atomic mass is 9.86. The lowest BCUT2D eigenvalue weighted by Crippen LogP contribution is -2.26. The molecule has 26 heavy (non-hydrogen) atoms. The molecule has 2 aromatic carbocycles. The van der Waals surface area contributed by atoms with Crippen molar-refractivity contribution in [3.8, 4) is 0 Å². The summed E-state index contributed by atoms with van der Waals surface area (Å²) in [5.74, 6) is -1.17. The Labute approximate surface area is 160 Å². The van der Waals surface area contributed by atoms with Gasteiger partial charge in [0.05, 0.1) is 17.2 Å². The highest BCUT2D eigenvalue weighted by Gasteiger charge is 2.22. The molecule has 3 nitrogen and oxygen atoms in total. The number of carboxylic acid groups (broad SMARTS) is 1. The molecule has 0 saturated heterocycles. The third-order valence-electron chi connectivity index (χ3n) is 4.69. The first kappa shape index (κ1) is 17.1. The van der Waals surface area contributed by atoms with E-state index in [0.717, 1.165) is 29.5 Å². The molecule has 4 rings (SSSR count). The average Bonchev–Trinajstić information content (AvgIpc) is 2.62. The largest absolute Gasteiger partial charge is 0.545 e. The normalized spacial score (nSPS) is 15.2. The molecule has 0 unspecified atom stereocenters. The van der Waals surface area contributed by atoms with E-state index in [-0.39, 0.29) is 5.56 Å². The highest BCUT2D eigenvalue weighted by molar-refractivity contribution is 6.37. The molecule has 5 heteroatoms. The molecule has 1 aliphatic rings. The van der Waals surface area contributed by atoms with Crippen molar-refractivity contribution in [3.63, 3.8) is 0 Å². The van der Waals surface area contributed by atoms with Crippen LogP contribution in [0.3, 0.4) is 0 Å². The Balaban J connectivity index is 2.00. The SMILES string of the molecule is O=C([O-])c1c2c(nc3ccccc13)/C(=C/c1c(Cl)cccc1Cl)CCC2. The minimum absolute atomic E-state index is 0.237. The van der Waals surface area contributed by atoms with Gasteiger partial charge in [-0.25, -0.2) is 4.98 Å². The summed E-state index contributed by atoms with van der Waals surface area (Å²) in [5, 5.41) is 13.6. The smallest absolute Gasteiger partial charge is 0.0725 e. The van der Waals surface area contributed by atoms with Crippen LogP contribution in [0.4, 0.5) is 0 Å². The van der Waals surface area contributed by atoms with Crippen LogP contribution in [-0.4, -0.2) is 11.0 Å². The molecule has 3 aromatic rings. The summed E-state index contributed by atoms with van der Waals surface area (Å²) < 4.78 is 0. The van der Waals surface area contributed by atoms with Crippen molar-refractivity contribution in [1.29, 1.82) is 0 Å². The van der Waals surface area contributed by atoms with Gasteiger partial charge >= 0.3 is 0 Å². The van der Waals surface area contributed by atoms with Gasteiger partial charge in [0.25, 0.3) is 0 Å². The number of pyridine rings is 1. The summed E-state index contributed by atoms with van der Waals surface area (Å²) in [6.07, 6.45) is 4.20. The van der Waals surface area contributed by atoms with Gasteiger partial charge in [0.2, 0.25) is 0 Å². The zero-order valence-corrected chi connectivity index (χ0v) is 15.3. The van der Waals surface area contributed by atoms with Crippen LogP contribution in [0.2, 0.25) is 10.0 Å². The topological polar surface area (TPSA) is 53.0 Å². The maximum atomic E-state index is 11.9. The molecule has 0 fully saturated rings. The first-order valence-corrected chi connectivity index (χ1v) is 9.10. The second-order valence-corrected chi connectivity index (χ2v) is 7.09. The molecule has 1 aromatic heterocycles. The summed E-state index contributed by atoms with van der Waals surface area (Å²) >= 11 is 12.6. The van der Waals surface area contributed by atoms with E-state index >= 15 is 0 Å². The number of halogens is 2. The van der Waals surface area contributed by atoms with E-state index in [1.54, 1.807) is 24.3 Å². The van der Waals surface area contributed by atoms with Crippen molar-refractivity contribution in [3.05, 3.63) is 74.9 Å². The first-order valence-electron chi connectivity index (χ1n) is 8.34. The summed E-state index contributed by atoms with van der Waals surface area (Å²) in [5.41, 5.74) is 3.97. The maximum absolute atomic E-state index is 11.9. The predicted molar refractivity (Wildman–Crippen MR) is 103 cm³/mol. The van der Waals surface area contributed by atoms with Crippen LogP contribution in [0.25, 0.3) is 22.6 Å². The van der Waals surface area contributed by atoms with Gasteiger partial charge in [-0.05, 0) is 54.7 Å². The zero-order chi connectivity index (χ0) is 18.3. The third-order valence-corrected chi connectivity index (χ3v) is 5.35. The number of benzene rings is 2. The van der Waals surface area contributed by atoms with Gasteiger partial charge in [-0.15, -0.1) is 0 Å². The molecule has 1 aliphatic carbocycles. The molecule has 0 amide bonds. The number of hydrogen-bond acceptors (Lipinski definition) is 3. The van der Waals surface area contributed by atoms with Gasteiger partial charge in [0.1, 0.15) is 0 Å². The van der Waals surface area contributed by atoms with Gasteiger partial charge in [-0.1, -0.05) is 47.5 Å². The standard InChI is InChI=1S/C21H15Cl2NO2/c22-16-8-4-9-17(23)15(16)11-12-5-3-7-14-19(21(25)26)13-6-1-2-10-18(13)24-20(12)14/h1-2,4,6,8-11H,3,5,7H2,(H,25,26)/p-1/b12-11+. The van der Waals surface area contributed by atoms with Crippen molar-refractivity contribution in [2.75, 3.05) is 0 Å². The molecule has 0 N–H and O–H groups in total. The van der Waals surface area contributed by atoms with E-state index in [4.69, 9.17) is 28.2 Å². The van der Waals surface area contributed by atoms with Crippen molar-refractivity contribution in [1.82, 2.24) is 4.98 Å². The summed E-state index contributed by atoms with van der Waals surface area (Å²) in [7, 11) is 0. The summed E-state index contributed by atoms with van der Waals surface area (Å²) in [6, 6.07) is 12.6. The second kappa shape index (κ2) is 6.75. The van der Waals surface area contributed by atoms with Crippen LogP contribution in [0.5, 0.6) is 0 Å². The first-order chi connectivity index (χ1) is 12.6. The Morgan fingerprint density at radius 2 is 1.77 bits per heavy atom. The number of aromatic carboxylic acids is 1. The van der Waals surface area contributed by atoms with Crippen molar-refractivity contribution in [2.45, 2.75) is 19.3 Å². The van der Waals surface area contributed by atoms with Gasteiger partial charge in [0, 0.05) is 26.6 Å². The van der Waals surface area contributed by atoms with Crippen LogP contribution >= 0.6 is 23.2 Å². The van der Waals surface area contributed by atoms with Crippen LogP contribution in [-0.2, 0) is 6.42 Å². The van der Waals surface area contributed by atoms with Crippen LogP contribution < -0.4 is 5.11 Å². The fourth-order valence-corrected chi connectivity index (χ4v) is 4.04. The molecule has 0 atom stereocenters. The Hall–Kier alpha value is -2.36. The van der Waals surface area contributed by atoms with Crippen LogP contribution in [0.15, 0.2) is 42.5 Å². The second-order valence-electron chi connectivity index (χ2n) is 6.28. The van der Waals surface area contributed by atoms with Crippen LogP contribution in [0, 0.1) is 0 Å². The van der Waals surface area contributed by atoms with Crippen molar-refractivity contribution >= 4 is 51.7 Å². The molecule has 0 aliphatic heterocycles. The fourth-order valence-electron chi connectivity index (χ4n) is 3.53. The zero-order valence-electron chi connectivity index (χ0n) is 13.8. The Kier molecular flexibility index (Phi) is 4.43. The summed E-state index contributed by atoms with van der Waals surface area (Å²) in [4.78, 5) is 16.6. The molecule has 130 valence electrons. The Morgan fingerprint density at radius 1 is 1.04 bits per heavy atom. The number of allylic oxidation sites excluding steroid dienone is 1. The molecule has 0 saturated carbocycles. The van der Waals surface area contributed by atoms with Gasteiger partial charge in [-0.3, -0.25) is 0 Å². The Morgan fingerprint density at radius 3 is 2.50 bits per heavy atom. The number of aromatic nitrogens is 1. The molecular formula is C21H14Cl2NO2-. The highest BCUT2D eigenvalue weighted by atomic mass is 35.5. The molecule has 1 heterocycles. The van der Waals surface area contributed by atoms with Gasteiger partial charge in [0.15, 0.2) is 0 Å². The fraction of sp³-hybridized carbons (Fsp3) is 0.143. The van der Waals surface area contributed by atoms with Crippen molar-refractivity contribution in [2.24, 2.45) is 0 Å². The number of carbonyl (C=O) groups excluding carboxylic acids is 1. The van der Waals surface area contributed by atoms with Crippen LogP contribution in [0.1, 0.15) is 40.0 Å². The lowest BCUT2D eigenvalue weighted by molar-refractivity contribution is -0.254. The number of para-hydroxylation sites is 1. The quantitative estimate of drug-likeness (QED) is 0.640. The molecule has 0 spiro atoms. The lowest BCUT2D eigenvalue weighted by Gasteiger charge is -2.23. The van der Waals surface area contributed by atoms with E-state index in [0.29, 0.717) is 33.1 Å². The maximum Gasteiger partial charge on any atom is 0.0725 e. The molecule has 0 bridgehead atoms. The molecular weight excluding hydrogens is 369 g/mol. The summed E-state index contributed by atoms with van der Waals surface area (Å²) in [6.45, 7) is 0. The number of rotatable bonds is 2. The van der Waals surface area contributed by atoms with E-state index < -0.39 is 5.97 Å². The van der Waals surface area contributed by atoms with Crippen molar-refractivity contribution < 1.29 is 9.90 Å². The van der Waals surface area contributed by atoms with Gasteiger partial charge < -0.3 is 9.90 Å². The number of carboxylic acids is 1. The minimum Gasteiger partial charge on any atom is -0.545 e.